The van der Waals surface area contributed by atoms with Crippen molar-refractivity contribution in [3.63, 3.8) is 0 Å². The van der Waals surface area contributed by atoms with E-state index in [0.717, 1.165) is 22.4 Å². The Bertz CT molecular complexity index is 689. The molecule has 1 N–H and O–H groups in total. The highest BCUT2D eigenvalue weighted by Crippen LogP contribution is 2.40. The molecule has 3 rings (SSSR count). The van der Waals surface area contributed by atoms with E-state index in [1.165, 1.54) is 6.07 Å². The summed E-state index contributed by atoms with van der Waals surface area (Å²) in [5.74, 6) is 0.657. The van der Waals surface area contributed by atoms with Crippen LogP contribution in [-0.2, 0) is 0 Å². The Morgan fingerprint density at radius 2 is 1.95 bits per heavy atom. The normalized spacial score (nSPS) is 13.3. The second-order valence-corrected chi connectivity index (χ2v) is 4.58. The molecule has 1 aromatic carbocycles. The van der Waals surface area contributed by atoms with Gasteiger partial charge in [0.1, 0.15) is 13.2 Å². The number of aromatic nitrogens is 1. The zero-order valence-corrected chi connectivity index (χ0v) is 11.1. The van der Waals surface area contributed by atoms with Crippen molar-refractivity contribution >= 4 is 5.97 Å². The van der Waals surface area contributed by atoms with Gasteiger partial charge in [-0.25, -0.2) is 4.79 Å². The van der Waals surface area contributed by atoms with E-state index in [1.807, 2.05) is 13.8 Å². The number of carbonyl (C=O) groups is 1. The molecular formula is C14H13NO5. The largest absolute Gasteiger partial charge is 0.486 e. The first kappa shape index (κ1) is 12.5. The third-order valence-electron chi connectivity index (χ3n) is 3.39. The van der Waals surface area contributed by atoms with E-state index in [-0.39, 0.29) is 5.69 Å². The van der Waals surface area contributed by atoms with Crippen molar-refractivity contribution in [1.29, 1.82) is 0 Å². The molecule has 6 heteroatoms. The first-order valence-electron chi connectivity index (χ1n) is 6.18. The predicted molar refractivity (Wildman–Crippen MR) is 69.4 cm³/mol. The van der Waals surface area contributed by atoms with Gasteiger partial charge in [-0.1, -0.05) is 5.16 Å². The van der Waals surface area contributed by atoms with Crippen molar-refractivity contribution in [3.8, 4) is 22.8 Å². The van der Waals surface area contributed by atoms with Gasteiger partial charge in [-0.3, -0.25) is 0 Å². The van der Waals surface area contributed by atoms with Crippen LogP contribution < -0.4 is 9.47 Å². The molecule has 0 fully saturated rings. The van der Waals surface area contributed by atoms with Gasteiger partial charge in [-0.15, -0.1) is 0 Å². The van der Waals surface area contributed by atoms with Gasteiger partial charge in [0.25, 0.3) is 0 Å². The van der Waals surface area contributed by atoms with Gasteiger partial charge >= 0.3 is 5.97 Å². The van der Waals surface area contributed by atoms with Crippen molar-refractivity contribution in [2.45, 2.75) is 13.8 Å². The maximum Gasteiger partial charge on any atom is 0.358 e. The molecule has 0 spiro atoms. The number of carboxylic acids is 1. The monoisotopic (exact) mass is 275 g/mol. The second-order valence-electron chi connectivity index (χ2n) is 4.58. The summed E-state index contributed by atoms with van der Waals surface area (Å²) in [7, 11) is 0. The maximum absolute atomic E-state index is 10.9. The van der Waals surface area contributed by atoms with E-state index in [1.54, 1.807) is 6.07 Å². The number of ether oxygens (including phenoxy) is 2. The first-order chi connectivity index (χ1) is 9.58. The summed E-state index contributed by atoms with van der Waals surface area (Å²) >= 11 is 0. The van der Waals surface area contributed by atoms with Gasteiger partial charge in [0.2, 0.25) is 0 Å². The van der Waals surface area contributed by atoms with E-state index in [9.17, 15) is 4.79 Å². The molecule has 0 saturated carbocycles. The van der Waals surface area contributed by atoms with Crippen molar-refractivity contribution in [2.75, 3.05) is 13.2 Å². The first-order valence-corrected chi connectivity index (χ1v) is 6.18. The Balaban J connectivity index is 2.13. The lowest BCUT2D eigenvalue weighted by Crippen LogP contribution is -2.16. The summed E-state index contributed by atoms with van der Waals surface area (Å²) in [4.78, 5) is 10.9. The lowest BCUT2D eigenvalue weighted by atomic mass is 9.99. The zero-order valence-electron chi connectivity index (χ0n) is 11.1. The number of carboxylic acid groups (broad SMARTS) is 1. The summed E-state index contributed by atoms with van der Waals surface area (Å²) in [5, 5.41) is 12.4. The number of hydrogen-bond donors (Lipinski definition) is 1. The molecule has 0 unspecified atom stereocenters. The average molecular weight is 275 g/mol. The lowest BCUT2D eigenvalue weighted by Gasteiger charge is -2.22. The van der Waals surface area contributed by atoms with Gasteiger partial charge in [-0.2, -0.15) is 0 Å². The van der Waals surface area contributed by atoms with Crippen LogP contribution in [0.1, 0.15) is 21.6 Å². The molecule has 0 atom stereocenters. The summed E-state index contributed by atoms with van der Waals surface area (Å²) < 4.78 is 16.3. The third-order valence-corrected chi connectivity index (χ3v) is 3.39. The number of rotatable bonds is 2. The highest BCUT2D eigenvalue weighted by Gasteiger charge is 2.21. The second kappa shape index (κ2) is 4.56. The Morgan fingerprint density at radius 3 is 2.65 bits per heavy atom. The van der Waals surface area contributed by atoms with E-state index in [4.69, 9.17) is 19.1 Å². The Morgan fingerprint density at radius 1 is 1.20 bits per heavy atom. The van der Waals surface area contributed by atoms with Crippen molar-refractivity contribution in [1.82, 2.24) is 5.16 Å². The minimum absolute atomic E-state index is 0.119. The van der Waals surface area contributed by atoms with Crippen molar-refractivity contribution in [2.24, 2.45) is 0 Å². The number of aromatic carboxylic acids is 1. The predicted octanol–water partition coefficient (Wildman–Crippen LogP) is 2.43. The van der Waals surface area contributed by atoms with Crippen LogP contribution in [-0.4, -0.2) is 29.4 Å². The molecular weight excluding hydrogens is 262 g/mol. The van der Waals surface area contributed by atoms with Crippen LogP contribution in [0.25, 0.3) is 11.3 Å². The molecule has 0 saturated heterocycles. The van der Waals surface area contributed by atoms with Crippen LogP contribution in [0, 0.1) is 13.8 Å². The SMILES string of the molecule is Cc1c(-c2cc(C(=O)O)no2)cc2c(c1C)OCCO2. The van der Waals surface area contributed by atoms with Crippen LogP contribution >= 0.6 is 0 Å². The number of nitrogens with zero attached hydrogens (tertiary/aromatic N) is 1. The molecule has 0 aliphatic carbocycles. The average Bonchev–Trinajstić information content (AvgIpc) is 2.92. The number of benzene rings is 1. The van der Waals surface area contributed by atoms with E-state index < -0.39 is 5.97 Å². The fraction of sp³-hybridized carbons (Fsp3) is 0.286. The summed E-state index contributed by atoms with van der Waals surface area (Å²) in [6, 6.07) is 3.20. The topological polar surface area (TPSA) is 81.8 Å². The van der Waals surface area contributed by atoms with Gasteiger partial charge < -0.3 is 19.1 Å². The molecule has 6 nitrogen and oxygen atoms in total. The third kappa shape index (κ3) is 1.89. The lowest BCUT2D eigenvalue weighted by molar-refractivity contribution is 0.0686. The Kier molecular flexibility index (Phi) is 2.85. The van der Waals surface area contributed by atoms with Crippen LogP contribution in [0.3, 0.4) is 0 Å². The van der Waals surface area contributed by atoms with Crippen LogP contribution in [0.4, 0.5) is 0 Å². The smallest absolute Gasteiger partial charge is 0.358 e. The van der Waals surface area contributed by atoms with Crippen LogP contribution in [0.5, 0.6) is 11.5 Å². The standard InChI is InChI=1S/C14H13NO5/c1-7-8(2)13-12(18-3-4-19-13)5-9(7)11-6-10(14(16)17)15-20-11/h5-6H,3-4H2,1-2H3,(H,16,17). The van der Waals surface area contributed by atoms with Gasteiger partial charge in [0, 0.05) is 11.6 Å². The molecule has 104 valence electrons. The Hall–Kier alpha value is -2.50. The highest BCUT2D eigenvalue weighted by molar-refractivity contribution is 5.86. The zero-order chi connectivity index (χ0) is 14.3. The van der Waals surface area contributed by atoms with Crippen molar-refractivity contribution in [3.05, 3.63) is 29.0 Å². The number of hydrogen-bond acceptors (Lipinski definition) is 5. The molecule has 1 aromatic heterocycles. The molecule has 1 aliphatic heterocycles. The van der Waals surface area contributed by atoms with E-state index in [2.05, 4.69) is 5.16 Å². The van der Waals surface area contributed by atoms with Gasteiger partial charge in [0.15, 0.2) is 23.0 Å². The van der Waals surface area contributed by atoms with Gasteiger partial charge in [0.05, 0.1) is 0 Å². The molecule has 0 amide bonds. The molecule has 0 bridgehead atoms. The highest BCUT2D eigenvalue weighted by atomic mass is 16.6. The number of fused-ring (bicyclic) bond motifs is 1. The fourth-order valence-electron chi connectivity index (χ4n) is 2.20. The molecule has 2 aromatic rings. The molecule has 0 radical (unpaired) electrons. The minimum atomic E-state index is -1.12. The summed E-state index contributed by atoms with van der Waals surface area (Å²) in [6.45, 7) is 4.87. The molecule has 1 aliphatic rings. The summed E-state index contributed by atoms with van der Waals surface area (Å²) in [6.07, 6.45) is 0. The van der Waals surface area contributed by atoms with Crippen LogP contribution in [0.15, 0.2) is 16.7 Å². The molecule has 2 heterocycles. The quantitative estimate of drug-likeness (QED) is 0.906. The van der Waals surface area contributed by atoms with Crippen LogP contribution in [0.2, 0.25) is 0 Å². The summed E-state index contributed by atoms with van der Waals surface area (Å²) in [5.41, 5.74) is 2.53. The van der Waals surface area contributed by atoms with Gasteiger partial charge in [-0.05, 0) is 31.0 Å². The van der Waals surface area contributed by atoms with Crippen molar-refractivity contribution < 1.29 is 23.9 Å². The van der Waals surface area contributed by atoms with E-state index >= 15 is 0 Å². The fourth-order valence-corrected chi connectivity index (χ4v) is 2.20. The maximum atomic E-state index is 10.9. The Labute approximate surface area is 114 Å². The van der Waals surface area contributed by atoms with E-state index in [0.29, 0.717) is 24.7 Å². The molecule has 20 heavy (non-hydrogen) atoms. The minimum Gasteiger partial charge on any atom is -0.486 e.